The van der Waals surface area contributed by atoms with E-state index in [0.29, 0.717) is 4.88 Å². The summed E-state index contributed by atoms with van der Waals surface area (Å²) in [6.07, 6.45) is 3.84. The van der Waals surface area contributed by atoms with Gasteiger partial charge < -0.3 is 0 Å². The summed E-state index contributed by atoms with van der Waals surface area (Å²) in [4.78, 5) is 0.632. The monoisotopic (exact) mass is 198 g/mol. The van der Waals surface area contributed by atoms with Crippen molar-refractivity contribution in [3.8, 4) is 0 Å². The summed E-state index contributed by atoms with van der Waals surface area (Å²) < 4.78 is 26.6. The molecule has 0 spiro atoms. The van der Waals surface area contributed by atoms with Crippen LogP contribution in [0.5, 0.6) is 0 Å². The predicted molar refractivity (Wildman–Crippen MR) is 50.1 cm³/mol. The third-order valence-corrected chi connectivity index (χ3v) is 3.05. The maximum absolute atomic E-state index is 14.0. The summed E-state index contributed by atoms with van der Waals surface area (Å²) in [5, 5.41) is 1.82. The van der Waals surface area contributed by atoms with Gasteiger partial charge in [-0.15, -0.1) is 11.3 Å². The first-order valence-corrected chi connectivity index (χ1v) is 4.86. The zero-order chi connectivity index (χ0) is 9.31. The lowest BCUT2D eigenvalue weighted by Crippen LogP contribution is -2.16. The molecule has 0 fully saturated rings. The molecule has 0 radical (unpaired) electrons. The Balaban J connectivity index is 2.30. The van der Waals surface area contributed by atoms with Gasteiger partial charge in [0.1, 0.15) is 5.83 Å². The van der Waals surface area contributed by atoms with E-state index in [-0.39, 0.29) is 12.2 Å². The smallest absolute Gasteiger partial charge is 0.167 e. The molecule has 0 nitrogen and oxygen atoms in total. The quantitative estimate of drug-likeness (QED) is 0.645. The molecule has 0 amide bonds. The van der Waals surface area contributed by atoms with Crippen molar-refractivity contribution in [2.75, 3.05) is 0 Å². The van der Waals surface area contributed by atoms with E-state index in [1.54, 1.807) is 12.1 Å². The molecule has 1 unspecified atom stereocenters. The van der Waals surface area contributed by atoms with Crippen molar-refractivity contribution < 1.29 is 8.78 Å². The summed E-state index contributed by atoms with van der Waals surface area (Å²) in [5.74, 6) is -0.357. The molecule has 0 N–H and O–H groups in total. The van der Waals surface area contributed by atoms with Crippen LogP contribution >= 0.6 is 11.3 Å². The van der Waals surface area contributed by atoms with Gasteiger partial charge in [0.25, 0.3) is 0 Å². The summed E-state index contributed by atoms with van der Waals surface area (Å²) in [6, 6.07) is 3.52. The van der Waals surface area contributed by atoms with E-state index >= 15 is 0 Å². The third-order valence-electron chi connectivity index (χ3n) is 2.03. The lowest BCUT2D eigenvalue weighted by atomic mass is 9.95. The average Bonchev–Trinajstić information content (AvgIpc) is 2.63. The van der Waals surface area contributed by atoms with Crippen molar-refractivity contribution in [1.29, 1.82) is 0 Å². The van der Waals surface area contributed by atoms with Crippen LogP contribution in [0.15, 0.2) is 41.6 Å². The molecule has 0 saturated heterocycles. The number of alkyl halides is 1. The van der Waals surface area contributed by atoms with Crippen LogP contribution in [0.25, 0.3) is 0 Å². The molecule has 1 aromatic heterocycles. The largest absolute Gasteiger partial charge is 0.233 e. The van der Waals surface area contributed by atoms with E-state index in [0.717, 1.165) is 0 Å². The van der Waals surface area contributed by atoms with E-state index in [9.17, 15) is 8.78 Å². The number of allylic oxidation sites excluding steroid dienone is 4. The van der Waals surface area contributed by atoms with Crippen molar-refractivity contribution in [3.63, 3.8) is 0 Å². The third kappa shape index (κ3) is 1.56. The van der Waals surface area contributed by atoms with Crippen LogP contribution in [0.1, 0.15) is 11.3 Å². The van der Waals surface area contributed by atoms with Crippen molar-refractivity contribution in [2.24, 2.45) is 0 Å². The minimum Gasteiger partial charge on any atom is -0.233 e. The van der Waals surface area contributed by atoms with Gasteiger partial charge in [-0.25, -0.2) is 8.78 Å². The number of hydrogen-bond donors (Lipinski definition) is 0. The SMILES string of the molecule is FC1=CCC(F)(c2cccs2)C=C1. The highest BCUT2D eigenvalue weighted by Gasteiger charge is 2.30. The Morgan fingerprint density at radius 1 is 1.46 bits per heavy atom. The fourth-order valence-corrected chi connectivity index (χ4v) is 2.10. The molecule has 0 aromatic carbocycles. The highest BCUT2D eigenvalue weighted by Crippen LogP contribution is 2.38. The topological polar surface area (TPSA) is 0 Å². The molecular weight excluding hydrogens is 190 g/mol. The molecule has 1 atom stereocenters. The Labute approximate surface area is 79.2 Å². The van der Waals surface area contributed by atoms with Gasteiger partial charge in [0, 0.05) is 11.3 Å². The molecule has 1 aliphatic rings. The normalized spacial score (nSPS) is 27.4. The van der Waals surface area contributed by atoms with Gasteiger partial charge in [0.05, 0.1) is 0 Å². The van der Waals surface area contributed by atoms with Gasteiger partial charge in [-0.05, 0) is 29.7 Å². The molecule has 0 bridgehead atoms. The standard InChI is InChI=1S/C10H8F2S/c11-8-3-5-10(12,6-4-8)9-2-1-7-13-9/h1-5,7H,6H2. The Bertz CT molecular complexity index is 351. The first-order valence-electron chi connectivity index (χ1n) is 3.98. The summed E-state index contributed by atoms with van der Waals surface area (Å²) in [5.41, 5.74) is -1.50. The molecule has 2 rings (SSSR count). The van der Waals surface area contributed by atoms with Crippen LogP contribution in [-0.4, -0.2) is 0 Å². The van der Waals surface area contributed by atoms with E-state index in [4.69, 9.17) is 0 Å². The minimum absolute atomic E-state index is 0.0931. The highest BCUT2D eigenvalue weighted by molar-refractivity contribution is 7.10. The van der Waals surface area contributed by atoms with Crippen LogP contribution in [0.3, 0.4) is 0 Å². The fourth-order valence-electron chi connectivity index (χ4n) is 1.29. The molecular formula is C10H8F2S. The minimum atomic E-state index is -1.50. The van der Waals surface area contributed by atoms with Gasteiger partial charge >= 0.3 is 0 Å². The molecule has 68 valence electrons. The van der Waals surface area contributed by atoms with Crippen molar-refractivity contribution >= 4 is 11.3 Å². The Morgan fingerprint density at radius 2 is 2.31 bits per heavy atom. The zero-order valence-electron chi connectivity index (χ0n) is 6.84. The second-order valence-electron chi connectivity index (χ2n) is 2.97. The summed E-state index contributed by atoms with van der Waals surface area (Å²) >= 11 is 1.35. The molecule has 1 heterocycles. The van der Waals surface area contributed by atoms with Gasteiger partial charge in [-0.2, -0.15) is 0 Å². The summed E-state index contributed by atoms with van der Waals surface area (Å²) in [7, 11) is 0. The average molecular weight is 198 g/mol. The number of halogens is 2. The Morgan fingerprint density at radius 3 is 2.85 bits per heavy atom. The maximum Gasteiger partial charge on any atom is 0.167 e. The van der Waals surface area contributed by atoms with Gasteiger partial charge in [0.15, 0.2) is 5.67 Å². The Kier molecular flexibility index (Phi) is 2.04. The van der Waals surface area contributed by atoms with E-state index < -0.39 is 5.67 Å². The van der Waals surface area contributed by atoms with Crippen molar-refractivity contribution in [1.82, 2.24) is 0 Å². The Hall–Kier alpha value is -0.960. The maximum atomic E-state index is 14.0. The van der Waals surface area contributed by atoms with Gasteiger partial charge in [-0.1, -0.05) is 6.07 Å². The van der Waals surface area contributed by atoms with E-state index in [1.807, 2.05) is 5.38 Å². The number of rotatable bonds is 1. The molecule has 3 heteroatoms. The fraction of sp³-hybridized carbons (Fsp3) is 0.200. The lowest BCUT2D eigenvalue weighted by Gasteiger charge is -2.20. The molecule has 1 aliphatic carbocycles. The van der Waals surface area contributed by atoms with E-state index in [1.165, 1.54) is 29.6 Å². The highest BCUT2D eigenvalue weighted by atomic mass is 32.1. The number of thiophene rings is 1. The van der Waals surface area contributed by atoms with Crippen molar-refractivity contribution in [2.45, 2.75) is 12.1 Å². The molecule has 0 aliphatic heterocycles. The van der Waals surface area contributed by atoms with Crippen LogP contribution in [0.4, 0.5) is 8.78 Å². The van der Waals surface area contributed by atoms with Crippen LogP contribution in [0, 0.1) is 0 Å². The lowest BCUT2D eigenvalue weighted by molar-refractivity contribution is 0.238. The molecule has 1 aromatic rings. The van der Waals surface area contributed by atoms with Crippen LogP contribution in [0.2, 0.25) is 0 Å². The second-order valence-corrected chi connectivity index (χ2v) is 3.91. The van der Waals surface area contributed by atoms with Crippen LogP contribution < -0.4 is 0 Å². The molecule has 0 saturated carbocycles. The predicted octanol–water partition coefficient (Wildman–Crippen LogP) is 3.73. The van der Waals surface area contributed by atoms with E-state index in [2.05, 4.69) is 0 Å². The zero-order valence-corrected chi connectivity index (χ0v) is 7.65. The van der Waals surface area contributed by atoms with Gasteiger partial charge in [0.2, 0.25) is 0 Å². The first kappa shape index (κ1) is 8.63. The van der Waals surface area contributed by atoms with Crippen molar-refractivity contribution in [3.05, 3.63) is 46.4 Å². The second kappa shape index (κ2) is 3.07. The van der Waals surface area contributed by atoms with Crippen LogP contribution in [-0.2, 0) is 5.67 Å². The first-order chi connectivity index (χ1) is 6.21. The number of hydrogen-bond acceptors (Lipinski definition) is 1. The summed E-state index contributed by atoms with van der Waals surface area (Å²) in [6.45, 7) is 0. The van der Waals surface area contributed by atoms with Gasteiger partial charge in [-0.3, -0.25) is 0 Å². The molecule has 13 heavy (non-hydrogen) atoms.